The summed E-state index contributed by atoms with van der Waals surface area (Å²) < 4.78 is 0. The molecule has 4 nitrogen and oxygen atoms in total. The van der Waals surface area contributed by atoms with Crippen LogP contribution >= 0.6 is 0 Å². The minimum Gasteiger partial charge on any atom is -0.308 e. The fourth-order valence-electron chi connectivity index (χ4n) is 3.12. The Bertz CT molecular complexity index is 492. The summed E-state index contributed by atoms with van der Waals surface area (Å²) in [6, 6.07) is 9.40. The zero-order valence-electron chi connectivity index (χ0n) is 12.9. The van der Waals surface area contributed by atoms with Crippen LogP contribution in [0.5, 0.6) is 0 Å². The first-order valence-electron chi connectivity index (χ1n) is 8.16. The summed E-state index contributed by atoms with van der Waals surface area (Å²) in [6.07, 6.45) is 12.6. The van der Waals surface area contributed by atoms with Gasteiger partial charge >= 0.3 is 0 Å². The third-order valence-electron chi connectivity index (χ3n) is 4.40. The third kappa shape index (κ3) is 4.36. The maximum Gasteiger partial charge on any atom is 0.0271 e. The van der Waals surface area contributed by atoms with Crippen LogP contribution in [0.4, 0.5) is 0 Å². The molecule has 4 heteroatoms. The van der Waals surface area contributed by atoms with Gasteiger partial charge in [0, 0.05) is 50.0 Å². The molecule has 2 aromatic heterocycles. The van der Waals surface area contributed by atoms with Crippen molar-refractivity contribution in [1.82, 2.24) is 20.6 Å². The molecule has 0 amide bonds. The number of hydrogen-bond donors (Lipinski definition) is 2. The van der Waals surface area contributed by atoms with Gasteiger partial charge in [-0.3, -0.25) is 9.97 Å². The number of nitrogens with zero attached hydrogens (tertiary/aromatic N) is 2. The number of hydrogen-bond acceptors (Lipinski definition) is 4. The van der Waals surface area contributed by atoms with Crippen molar-refractivity contribution < 1.29 is 0 Å². The Morgan fingerprint density at radius 2 is 1.14 bits per heavy atom. The number of nitrogens with one attached hydrogen (secondary N) is 2. The van der Waals surface area contributed by atoms with Gasteiger partial charge in [-0.1, -0.05) is 12.8 Å². The van der Waals surface area contributed by atoms with Gasteiger partial charge in [-0.15, -0.1) is 0 Å². The second-order valence-electron chi connectivity index (χ2n) is 5.97. The van der Waals surface area contributed by atoms with Crippen LogP contribution in [0, 0.1) is 0 Å². The van der Waals surface area contributed by atoms with Gasteiger partial charge in [-0.05, 0) is 48.2 Å². The maximum atomic E-state index is 4.07. The molecule has 0 spiro atoms. The minimum atomic E-state index is 0.545. The fourth-order valence-corrected chi connectivity index (χ4v) is 3.12. The molecule has 2 atom stereocenters. The van der Waals surface area contributed by atoms with Gasteiger partial charge in [0.25, 0.3) is 0 Å². The van der Waals surface area contributed by atoms with E-state index in [4.69, 9.17) is 0 Å². The van der Waals surface area contributed by atoms with E-state index in [1.165, 1.54) is 36.8 Å². The van der Waals surface area contributed by atoms with Crippen LogP contribution in [0.1, 0.15) is 36.8 Å². The van der Waals surface area contributed by atoms with E-state index >= 15 is 0 Å². The standard InChI is InChI=1S/C18H24N4/c1-2-4-18(22-14-16-7-11-20-12-8-16)17(3-1)21-13-15-5-9-19-10-6-15/h5-12,17-18,21-22H,1-4,13-14H2/t17-,18-/m1/s1. The van der Waals surface area contributed by atoms with Gasteiger partial charge in [-0.2, -0.15) is 0 Å². The van der Waals surface area contributed by atoms with Gasteiger partial charge in [0.2, 0.25) is 0 Å². The van der Waals surface area contributed by atoms with Gasteiger partial charge in [0.1, 0.15) is 0 Å². The first-order valence-corrected chi connectivity index (χ1v) is 8.16. The molecule has 0 unspecified atom stereocenters. The lowest BCUT2D eigenvalue weighted by atomic mass is 9.90. The molecule has 0 radical (unpaired) electrons. The van der Waals surface area contributed by atoms with Gasteiger partial charge < -0.3 is 10.6 Å². The van der Waals surface area contributed by atoms with Crippen molar-refractivity contribution in [3.8, 4) is 0 Å². The van der Waals surface area contributed by atoms with Crippen molar-refractivity contribution in [1.29, 1.82) is 0 Å². The lowest BCUT2D eigenvalue weighted by molar-refractivity contribution is 0.281. The summed E-state index contributed by atoms with van der Waals surface area (Å²) in [5.74, 6) is 0. The molecule has 1 saturated carbocycles. The number of pyridine rings is 2. The van der Waals surface area contributed by atoms with E-state index in [-0.39, 0.29) is 0 Å². The van der Waals surface area contributed by atoms with Crippen LogP contribution in [0.2, 0.25) is 0 Å². The highest BCUT2D eigenvalue weighted by Gasteiger charge is 2.24. The topological polar surface area (TPSA) is 49.8 Å². The lowest BCUT2D eigenvalue weighted by Crippen LogP contribution is -2.49. The van der Waals surface area contributed by atoms with Crippen molar-refractivity contribution >= 4 is 0 Å². The van der Waals surface area contributed by atoms with Crippen LogP contribution < -0.4 is 10.6 Å². The predicted molar refractivity (Wildman–Crippen MR) is 88.2 cm³/mol. The maximum absolute atomic E-state index is 4.07. The van der Waals surface area contributed by atoms with Crippen LogP contribution in [0.3, 0.4) is 0 Å². The molecular weight excluding hydrogens is 272 g/mol. The summed E-state index contributed by atoms with van der Waals surface area (Å²) in [5, 5.41) is 7.44. The Morgan fingerprint density at radius 3 is 1.55 bits per heavy atom. The first kappa shape index (κ1) is 15.1. The molecule has 3 rings (SSSR count). The Hall–Kier alpha value is -1.78. The van der Waals surface area contributed by atoms with E-state index in [1.807, 2.05) is 24.8 Å². The van der Waals surface area contributed by atoms with Gasteiger partial charge in [-0.25, -0.2) is 0 Å². The van der Waals surface area contributed by atoms with Crippen LogP contribution in [0.15, 0.2) is 49.1 Å². The minimum absolute atomic E-state index is 0.545. The van der Waals surface area contributed by atoms with Crippen LogP contribution in [-0.4, -0.2) is 22.1 Å². The zero-order valence-corrected chi connectivity index (χ0v) is 12.9. The molecular formula is C18H24N4. The Morgan fingerprint density at radius 1 is 0.727 bits per heavy atom. The molecule has 1 aliphatic rings. The van der Waals surface area contributed by atoms with Crippen molar-refractivity contribution in [3.05, 3.63) is 60.2 Å². The smallest absolute Gasteiger partial charge is 0.0271 e. The van der Waals surface area contributed by atoms with Gasteiger partial charge in [0.15, 0.2) is 0 Å². The van der Waals surface area contributed by atoms with Gasteiger partial charge in [0.05, 0.1) is 0 Å². The van der Waals surface area contributed by atoms with E-state index < -0.39 is 0 Å². The Balaban J connectivity index is 1.52. The second-order valence-corrected chi connectivity index (χ2v) is 5.97. The summed E-state index contributed by atoms with van der Waals surface area (Å²) in [4.78, 5) is 8.15. The summed E-state index contributed by atoms with van der Waals surface area (Å²) in [7, 11) is 0. The van der Waals surface area contributed by atoms with Crippen LogP contribution in [0.25, 0.3) is 0 Å². The molecule has 1 fully saturated rings. The van der Waals surface area contributed by atoms with E-state index in [2.05, 4.69) is 44.9 Å². The molecule has 0 aromatic carbocycles. The second kappa shape index (κ2) is 8.01. The SMILES string of the molecule is c1cc(CN[C@@H]2CCCC[C@H]2NCc2ccncc2)ccn1. The first-order chi connectivity index (χ1) is 10.9. The monoisotopic (exact) mass is 296 g/mol. The van der Waals surface area contributed by atoms with E-state index in [0.717, 1.165) is 13.1 Å². The van der Waals surface area contributed by atoms with E-state index in [9.17, 15) is 0 Å². The zero-order chi connectivity index (χ0) is 15.0. The average Bonchev–Trinajstić information content (AvgIpc) is 2.61. The van der Waals surface area contributed by atoms with E-state index in [1.54, 1.807) is 0 Å². The molecule has 22 heavy (non-hydrogen) atoms. The highest BCUT2D eigenvalue weighted by atomic mass is 15.0. The van der Waals surface area contributed by atoms with Crippen molar-refractivity contribution in [2.45, 2.75) is 50.9 Å². The van der Waals surface area contributed by atoms with Crippen molar-refractivity contribution in [2.75, 3.05) is 0 Å². The normalized spacial score (nSPS) is 21.6. The van der Waals surface area contributed by atoms with Crippen molar-refractivity contribution in [2.24, 2.45) is 0 Å². The molecule has 2 N–H and O–H groups in total. The van der Waals surface area contributed by atoms with Crippen LogP contribution in [-0.2, 0) is 13.1 Å². The van der Waals surface area contributed by atoms with E-state index in [0.29, 0.717) is 12.1 Å². The molecule has 2 aromatic rings. The largest absolute Gasteiger partial charge is 0.308 e. The number of aromatic nitrogens is 2. The fraction of sp³-hybridized carbons (Fsp3) is 0.444. The summed E-state index contributed by atoms with van der Waals surface area (Å²) in [5.41, 5.74) is 2.60. The molecule has 0 bridgehead atoms. The molecule has 2 heterocycles. The highest BCUT2D eigenvalue weighted by Crippen LogP contribution is 2.19. The molecule has 1 aliphatic carbocycles. The Kier molecular flexibility index (Phi) is 5.51. The molecule has 0 saturated heterocycles. The average molecular weight is 296 g/mol. The highest BCUT2D eigenvalue weighted by molar-refractivity contribution is 5.11. The summed E-state index contributed by atoms with van der Waals surface area (Å²) in [6.45, 7) is 1.83. The summed E-state index contributed by atoms with van der Waals surface area (Å²) >= 11 is 0. The Labute approximate surface area is 132 Å². The van der Waals surface area contributed by atoms with Crippen molar-refractivity contribution in [3.63, 3.8) is 0 Å². The number of rotatable bonds is 6. The lowest BCUT2D eigenvalue weighted by Gasteiger charge is -2.33. The third-order valence-corrected chi connectivity index (χ3v) is 4.40. The quantitative estimate of drug-likeness (QED) is 0.860. The molecule has 116 valence electrons. The molecule has 0 aliphatic heterocycles. The predicted octanol–water partition coefficient (Wildman–Crippen LogP) is 2.67.